The molecule has 0 bridgehead atoms. The number of guanidine groups is 1. The van der Waals surface area contributed by atoms with Crippen LogP contribution in [-0.2, 0) is 24.9 Å². The Kier molecular flexibility index (Phi) is 8.60. The van der Waals surface area contributed by atoms with Gasteiger partial charge in [0.05, 0.1) is 0 Å². The molecule has 0 unspecified atom stereocenters. The maximum Gasteiger partial charge on any atom is 0.194 e. The molecule has 1 heterocycles. The normalized spacial score (nSPS) is 11.7. The second-order valence-electron chi connectivity index (χ2n) is 6.34. The highest BCUT2D eigenvalue weighted by molar-refractivity contribution is 7.98. The molecule has 148 valence electrons. The predicted octanol–water partition coefficient (Wildman–Crippen LogP) is 2.46. The zero-order chi connectivity index (χ0) is 19.6. The van der Waals surface area contributed by atoms with Crippen molar-refractivity contribution in [3.05, 3.63) is 41.5 Å². The number of ether oxygens (including phenoxy) is 1. The van der Waals surface area contributed by atoms with Crippen LogP contribution < -0.4 is 5.32 Å². The van der Waals surface area contributed by atoms with E-state index in [2.05, 4.69) is 50.9 Å². The van der Waals surface area contributed by atoms with Gasteiger partial charge >= 0.3 is 0 Å². The van der Waals surface area contributed by atoms with Gasteiger partial charge in [-0.05, 0) is 37.3 Å². The van der Waals surface area contributed by atoms with Crippen LogP contribution in [0.1, 0.15) is 23.6 Å². The van der Waals surface area contributed by atoms with Crippen LogP contribution in [0.2, 0.25) is 0 Å². The van der Waals surface area contributed by atoms with E-state index in [1.165, 1.54) is 10.5 Å². The molecule has 1 aromatic carbocycles. The minimum atomic E-state index is 0.486. The van der Waals surface area contributed by atoms with E-state index in [9.17, 15) is 0 Å². The van der Waals surface area contributed by atoms with Crippen LogP contribution in [0, 0.1) is 6.92 Å². The first-order valence-corrected chi connectivity index (χ1v) is 10.2. The number of hydrogen-bond acceptors (Lipinski definition) is 5. The number of thioether (sulfide) groups is 1. The highest BCUT2D eigenvalue weighted by Gasteiger charge is 2.09. The first-order chi connectivity index (χ1) is 13.0. The Labute approximate surface area is 166 Å². The molecule has 0 aliphatic rings. The van der Waals surface area contributed by atoms with Gasteiger partial charge in [-0.2, -0.15) is 0 Å². The number of nitrogens with zero attached hydrogens (tertiary/aromatic N) is 5. The SMILES string of the molecule is COCCCNC(=NCc1nnc(C)n1C)N(C)Cc1ccc(SC)cc1. The molecule has 7 nitrogen and oxygen atoms in total. The van der Waals surface area contributed by atoms with E-state index in [1.807, 2.05) is 25.6 Å². The Hall–Kier alpha value is -2.06. The van der Waals surface area contributed by atoms with E-state index in [-0.39, 0.29) is 0 Å². The summed E-state index contributed by atoms with van der Waals surface area (Å²) in [5.74, 6) is 2.58. The number of aromatic nitrogens is 3. The molecular weight excluding hydrogens is 360 g/mol. The van der Waals surface area contributed by atoms with Gasteiger partial charge in [-0.1, -0.05) is 12.1 Å². The van der Waals surface area contributed by atoms with Crippen molar-refractivity contribution in [1.82, 2.24) is 25.0 Å². The fourth-order valence-electron chi connectivity index (χ4n) is 2.54. The number of methoxy groups -OCH3 is 1. The molecule has 0 radical (unpaired) electrons. The summed E-state index contributed by atoms with van der Waals surface area (Å²) in [6, 6.07) is 8.63. The summed E-state index contributed by atoms with van der Waals surface area (Å²) in [6.07, 6.45) is 3.01. The van der Waals surface area contributed by atoms with Crippen molar-refractivity contribution in [3.63, 3.8) is 0 Å². The van der Waals surface area contributed by atoms with Gasteiger partial charge in [0.25, 0.3) is 0 Å². The lowest BCUT2D eigenvalue weighted by Crippen LogP contribution is -2.39. The van der Waals surface area contributed by atoms with E-state index >= 15 is 0 Å². The van der Waals surface area contributed by atoms with E-state index in [1.54, 1.807) is 18.9 Å². The van der Waals surface area contributed by atoms with Gasteiger partial charge in [-0.15, -0.1) is 22.0 Å². The van der Waals surface area contributed by atoms with Gasteiger partial charge in [0, 0.05) is 45.8 Å². The van der Waals surface area contributed by atoms with E-state index < -0.39 is 0 Å². The number of hydrogen-bond donors (Lipinski definition) is 1. The average molecular weight is 391 g/mol. The Morgan fingerprint density at radius 2 is 2.04 bits per heavy atom. The minimum absolute atomic E-state index is 0.486. The predicted molar refractivity (Wildman–Crippen MR) is 111 cm³/mol. The molecule has 0 saturated heterocycles. The Bertz CT molecular complexity index is 728. The quantitative estimate of drug-likeness (QED) is 0.307. The summed E-state index contributed by atoms with van der Waals surface area (Å²) in [4.78, 5) is 8.16. The van der Waals surface area contributed by atoms with Crippen LogP contribution in [0.3, 0.4) is 0 Å². The zero-order valence-electron chi connectivity index (χ0n) is 16.9. The molecule has 1 N–H and O–H groups in total. The molecule has 0 amide bonds. The average Bonchev–Trinajstić information content (AvgIpc) is 3.00. The second kappa shape index (κ2) is 10.9. The van der Waals surface area contributed by atoms with Gasteiger partial charge < -0.3 is 19.5 Å². The molecular formula is C19H30N6OS. The highest BCUT2D eigenvalue weighted by Crippen LogP contribution is 2.15. The third kappa shape index (κ3) is 6.55. The molecule has 2 rings (SSSR count). The molecule has 0 aliphatic heterocycles. The Morgan fingerprint density at radius 3 is 2.63 bits per heavy atom. The van der Waals surface area contributed by atoms with Crippen LogP contribution >= 0.6 is 11.8 Å². The fraction of sp³-hybridized carbons (Fsp3) is 0.526. The van der Waals surface area contributed by atoms with Crippen LogP contribution in [0.15, 0.2) is 34.2 Å². The van der Waals surface area contributed by atoms with Crippen molar-refractivity contribution in [1.29, 1.82) is 0 Å². The molecule has 2 aromatic rings. The summed E-state index contributed by atoms with van der Waals surface area (Å²) in [7, 11) is 5.73. The maximum absolute atomic E-state index is 5.13. The molecule has 0 aliphatic carbocycles. The standard InChI is InChI=1S/C19H30N6OS/c1-15-22-23-18(25(15)3)13-21-19(20-11-6-12-26-4)24(2)14-16-7-9-17(27-5)10-8-16/h7-10H,6,11-14H2,1-5H3,(H,20,21). The van der Waals surface area contributed by atoms with Gasteiger partial charge in [0.1, 0.15) is 12.4 Å². The lowest BCUT2D eigenvalue weighted by atomic mass is 10.2. The summed E-state index contributed by atoms with van der Waals surface area (Å²) in [6.45, 7) is 4.74. The molecule has 27 heavy (non-hydrogen) atoms. The van der Waals surface area contributed by atoms with Crippen molar-refractivity contribution in [2.45, 2.75) is 31.3 Å². The molecule has 0 spiro atoms. The lowest BCUT2D eigenvalue weighted by Gasteiger charge is -2.23. The number of benzene rings is 1. The topological polar surface area (TPSA) is 67.6 Å². The van der Waals surface area contributed by atoms with Crippen molar-refractivity contribution in [2.75, 3.05) is 33.6 Å². The van der Waals surface area contributed by atoms with E-state index in [0.717, 1.165) is 43.7 Å². The zero-order valence-corrected chi connectivity index (χ0v) is 17.7. The monoisotopic (exact) mass is 390 g/mol. The third-order valence-corrected chi connectivity index (χ3v) is 5.05. The largest absolute Gasteiger partial charge is 0.385 e. The van der Waals surface area contributed by atoms with Crippen LogP contribution in [0.25, 0.3) is 0 Å². The highest BCUT2D eigenvalue weighted by atomic mass is 32.2. The van der Waals surface area contributed by atoms with E-state index in [4.69, 9.17) is 9.73 Å². The lowest BCUT2D eigenvalue weighted by molar-refractivity contribution is 0.195. The summed E-state index contributed by atoms with van der Waals surface area (Å²) >= 11 is 1.75. The maximum atomic E-state index is 5.13. The summed E-state index contributed by atoms with van der Waals surface area (Å²) < 4.78 is 7.10. The minimum Gasteiger partial charge on any atom is -0.385 e. The summed E-state index contributed by atoms with van der Waals surface area (Å²) in [5, 5.41) is 11.7. The van der Waals surface area contributed by atoms with Crippen molar-refractivity contribution in [2.24, 2.45) is 12.0 Å². The molecule has 0 fully saturated rings. The molecule has 0 atom stereocenters. The molecule has 1 aromatic heterocycles. The first-order valence-electron chi connectivity index (χ1n) is 9.01. The van der Waals surface area contributed by atoms with Gasteiger partial charge in [-0.3, -0.25) is 0 Å². The van der Waals surface area contributed by atoms with Gasteiger partial charge in [0.15, 0.2) is 11.8 Å². The van der Waals surface area contributed by atoms with Crippen LogP contribution in [-0.4, -0.2) is 59.2 Å². The smallest absolute Gasteiger partial charge is 0.194 e. The van der Waals surface area contributed by atoms with Crippen molar-refractivity contribution in [3.8, 4) is 0 Å². The molecule has 0 saturated carbocycles. The number of nitrogens with one attached hydrogen (secondary N) is 1. The number of rotatable bonds is 9. The molecule has 8 heteroatoms. The van der Waals surface area contributed by atoms with Crippen LogP contribution in [0.4, 0.5) is 0 Å². The summed E-state index contributed by atoms with van der Waals surface area (Å²) in [5.41, 5.74) is 1.25. The number of aryl methyl sites for hydroxylation is 1. The third-order valence-electron chi connectivity index (χ3n) is 4.30. The second-order valence-corrected chi connectivity index (χ2v) is 7.22. The number of aliphatic imine (C=N–C) groups is 1. The van der Waals surface area contributed by atoms with Crippen LogP contribution in [0.5, 0.6) is 0 Å². The Balaban J connectivity index is 2.06. The van der Waals surface area contributed by atoms with Crippen molar-refractivity contribution < 1.29 is 4.74 Å². The van der Waals surface area contributed by atoms with Crippen molar-refractivity contribution >= 4 is 17.7 Å². The van der Waals surface area contributed by atoms with Gasteiger partial charge in [0.2, 0.25) is 0 Å². The van der Waals surface area contributed by atoms with E-state index in [0.29, 0.717) is 6.54 Å². The Morgan fingerprint density at radius 1 is 1.30 bits per heavy atom. The van der Waals surface area contributed by atoms with Gasteiger partial charge in [-0.25, -0.2) is 4.99 Å². The first kappa shape index (κ1) is 21.2. The fourth-order valence-corrected chi connectivity index (χ4v) is 2.95.